The molecule has 0 atom stereocenters. The summed E-state index contributed by atoms with van der Waals surface area (Å²) in [6, 6.07) is 7.05. The van der Waals surface area contributed by atoms with Gasteiger partial charge in [-0.05, 0) is 43.0 Å². The molecule has 0 aliphatic carbocycles. The lowest BCUT2D eigenvalue weighted by molar-refractivity contribution is -0.137. The van der Waals surface area contributed by atoms with Gasteiger partial charge in [-0.2, -0.15) is 0 Å². The average Bonchev–Trinajstić information content (AvgIpc) is 2.46. The molecule has 0 aromatic heterocycles. The van der Waals surface area contributed by atoms with E-state index >= 15 is 0 Å². The standard InChI is InChI=1S/C17H25NO4/c1-13(2)10-12-22-15-8-6-14(7-9-15)17(21)18(3)11-4-5-16(19)20/h6-9,13H,4-5,10-12H2,1-3H3,(H,19,20). The van der Waals surface area contributed by atoms with E-state index in [-0.39, 0.29) is 12.3 Å². The monoisotopic (exact) mass is 307 g/mol. The summed E-state index contributed by atoms with van der Waals surface area (Å²) < 4.78 is 5.61. The Morgan fingerprint density at radius 3 is 2.41 bits per heavy atom. The Bertz CT molecular complexity index is 482. The molecule has 0 aliphatic rings. The van der Waals surface area contributed by atoms with Crippen LogP contribution in [0.3, 0.4) is 0 Å². The van der Waals surface area contributed by atoms with Crippen molar-refractivity contribution in [1.29, 1.82) is 0 Å². The molecule has 1 amide bonds. The summed E-state index contributed by atoms with van der Waals surface area (Å²) in [5, 5.41) is 8.60. The maximum absolute atomic E-state index is 12.2. The van der Waals surface area contributed by atoms with Gasteiger partial charge in [-0.15, -0.1) is 0 Å². The lowest BCUT2D eigenvalue weighted by atomic mass is 10.1. The average molecular weight is 307 g/mol. The number of carboxylic acids is 1. The van der Waals surface area contributed by atoms with Crippen molar-refractivity contribution in [1.82, 2.24) is 4.90 Å². The zero-order valence-electron chi connectivity index (χ0n) is 13.5. The van der Waals surface area contributed by atoms with Crippen molar-refractivity contribution in [3.63, 3.8) is 0 Å². The van der Waals surface area contributed by atoms with Crippen LogP contribution < -0.4 is 4.74 Å². The summed E-state index contributed by atoms with van der Waals surface area (Å²) in [7, 11) is 1.68. The van der Waals surface area contributed by atoms with Crippen molar-refractivity contribution in [2.75, 3.05) is 20.2 Å². The van der Waals surface area contributed by atoms with Gasteiger partial charge in [0.25, 0.3) is 5.91 Å². The smallest absolute Gasteiger partial charge is 0.303 e. The molecule has 22 heavy (non-hydrogen) atoms. The second kappa shape index (κ2) is 9.07. The summed E-state index contributed by atoms with van der Waals surface area (Å²) in [6.07, 6.45) is 1.52. The first-order valence-electron chi connectivity index (χ1n) is 7.60. The molecule has 0 radical (unpaired) electrons. The summed E-state index contributed by atoms with van der Waals surface area (Å²) in [6.45, 7) is 5.38. The molecule has 1 aromatic rings. The van der Waals surface area contributed by atoms with E-state index in [1.165, 1.54) is 4.90 Å². The molecule has 5 heteroatoms. The number of ether oxygens (including phenoxy) is 1. The molecule has 0 spiro atoms. The van der Waals surface area contributed by atoms with Gasteiger partial charge >= 0.3 is 5.97 Å². The SMILES string of the molecule is CC(C)CCOc1ccc(C(=O)N(C)CCCC(=O)O)cc1. The van der Waals surface area contributed by atoms with Crippen LogP contribution in [0.4, 0.5) is 0 Å². The van der Waals surface area contributed by atoms with Crippen LogP contribution in [0.25, 0.3) is 0 Å². The van der Waals surface area contributed by atoms with E-state index in [0.717, 1.165) is 12.2 Å². The van der Waals surface area contributed by atoms with Crippen LogP contribution in [-0.2, 0) is 4.79 Å². The van der Waals surface area contributed by atoms with Crippen molar-refractivity contribution >= 4 is 11.9 Å². The normalized spacial score (nSPS) is 10.5. The molecule has 0 heterocycles. The molecule has 0 bridgehead atoms. The number of hydrogen-bond donors (Lipinski definition) is 1. The zero-order valence-corrected chi connectivity index (χ0v) is 13.5. The number of rotatable bonds is 9. The van der Waals surface area contributed by atoms with E-state index in [1.54, 1.807) is 31.3 Å². The minimum atomic E-state index is -0.844. The maximum Gasteiger partial charge on any atom is 0.303 e. The van der Waals surface area contributed by atoms with Crippen molar-refractivity contribution < 1.29 is 19.4 Å². The molecule has 0 unspecified atom stereocenters. The van der Waals surface area contributed by atoms with Crippen molar-refractivity contribution in [3.05, 3.63) is 29.8 Å². The second-order valence-electron chi connectivity index (χ2n) is 5.78. The minimum Gasteiger partial charge on any atom is -0.494 e. The maximum atomic E-state index is 12.2. The van der Waals surface area contributed by atoms with Crippen LogP contribution in [0.5, 0.6) is 5.75 Å². The molecule has 0 aliphatic heterocycles. The number of hydrogen-bond acceptors (Lipinski definition) is 3. The highest BCUT2D eigenvalue weighted by molar-refractivity contribution is 5.94. The molecule has 0 saturated heterocycles. The summed E-state index contributed by atoms with van der Waals surface area (Å²) in [5.74, 6) is 0.397. The van der Waals surface area contributed by atoms with E-state index in [4.69, 9.17) is 9.84 Å². The Morgan fingerprint density at radius 1 is 1.23 bits per heavy atom. The first-order valence-corrected chi connectivity index (χ1v) is 7.60. The highest BCUT2D eigenvalue weighted by Crippen LogP contribution is 2.14. The minimum absolute atomic E-state index is 0.0697. The van der Waals surface area contributed by atoms with Crippen LogP contribution in [-0.4, -0.2) is 42.1 Å². The molecule has 122 valence electrons. The zero-order chi connectivity index (χ0) is 16.5. The van der Waals surface area contributed by atoms with Crippen LogP contribution in [0.2, 0.25) is 0 Å². The van der Waals surface area contributed by atoms with E-state index in [9.17, 15) is 9.59 Å². The second-order valence-corrected chi connectivity index (χ2v) is 5.78. The highest BCUT2D eigenvalue weighted by Gasteiger charge is 2.12. The third-order valence-corrected chi connectivity index (χ3v) is 3.30. The van der Waals surface area contributed by atoms with Gasteiger partial charge in [0.1, 0.15) is 5.75 Å². The first-order chi connectivity index (χ1) is 10.4. The van der Waals surface area contributed by atoms with Gasteiger partial charge in [0, 0.05) is 25.6 Å². The Hall–Kier alpha value is -2.04. The third-order valence-electron chi connectivity index (χ3n) is 3.30. The van der Waals surface area contributed by atoms with Crippen LogP contribution >= 0.6 is 0 Å². The Kier molecular flexibility index (Phi) is 7.43. The van der Waals surface area contributed by atoms with Crippen LogP contribution in [0.15, 0.2) is 24.3 Å². The highest BCUT2D eigenvalue weighted by atomic mass is 16.5. The fraction of sp³-hybridized carbons (Fsp3) is 0.529. The molecule has 1 rings (SSSR count). The number of carboxylic acid groups (broad SMARTS) is 1. The Morgan fingerprint density at radius 2 is 1.86 bits per heavy atom. The van der Waals surface area contributed by atoms with E-state index in [1.807, 2.05) is 0 Å². The predicted octanol–water partition coefficient (Wildman–Crippen LogP) is 3.05. The molecule has 5 nitrogen and oxygen atoms in total. The number of nitrogens with zero attached hydrogens (tertiary/aromatic N) is 1. The van der Waals surface area contributed by atoms with Gasteiger partial charge < -0.3 is 14.7 Å². The van der Waals surface area contributed by atoms with Gasteiger partial charge in [0.2, 0.25) is 0 Å². The molecular weight excluding hydrogens is 282 g/mol. The Labute approximate surface area is 131 Å². The van der Waals surface area contributed by atoms with Crippen molar-refractivity contribution in [2.45, 2.75) is 33.1 Å². The number of amides is 1. The number of aliphatic carboxylic acids is 1. The van der Waals surface area contributed by atoms with Gasteiger partial charge in [-0.3, -0.25) is 9.59 Å². The summed E-state index contributed by atoms with van der Waals surface area (Å²) in [4.78, 5) is 24.2. The number of carbonyl (C=O) groups excluding carboxylic acids is 1. The van der Waals surface area contributed by atoms with E-state index in [0.29, 0.717) is 31.1 Å². The van der Waals surface area contributed by atoms with Crippen LogP contribution in [0.1, 0.15) is 43.5 Å². The van der Waals surface area contributed by atoms with Crippen molar-refractivity contribution in [3.8, 4) is 5.75 Å². The summed E-state index contributed by atoms with van der Waals surface area (Å²) in [5.41, 5.74) is 0.578. The van der Waals surface area contributed by atoms with Gasteiger partial charge in [0.15, 0.2) is 0 Å². The lowest BCUT2D eigenvalue weighted by Gasteiger charge is -2.17. The molecule has 1 N–H and O–H groups in total. The molecule has 0 saturated carbocycles. The number of carbonyl (C=O) groups is 2. The quantitative estimate of drug-likeness (QED) is 0.761. The Balaban J connectivity index is 2.47. The number of benzene rings is 1. The van der Waals surface area contributed by atoms with Crippen molar-refractivity contribution in [2.24, 2.45) is 5.92 Å². The van der Waals surface area contributed by atoms with Crippen LogP contribution in [0, 0.1) is 5.92 Å². The molecular formula is C17H25NO4. The first kappa shape index (κ1) is 18.0. The van der Waals surface area contributed by atoms with Gasteiger partial charge in [-0.1, -0.05) is 13.8 Å². The fourth-order valence-corrected chi connectivity index (χ4v) is 1.90. The molecule has 0 fully saturated rings. The lowest BCUT2D eigenvalue weighted by Crippen LogP contribution is -2.28. The van der Waals surface area contributed by atoms with Gasteiger partial charge in [0.05, 0.1) is 6.61 Å². The predicted molar refractivity (Wildman–Crippen MR) is 85.2 cm³/mol. The summed E-state index contributed by atoms with van der Waals surface area (Å²) >= 11 is 0. The third kappa shape index (κ3) is 6.61. The van der Waals surface area contributed by atoms with E-state index in [2.05, 4.69) is 13.8 Å². The fourth-order valence-electron chi connectivity index (χ4n) is 1.90. The van der Waals surface area contributed by atoms with Gasteiger partial charge in [-0.25, -0.2) is 0 Å². The topological polar surface area (TPSA) is 66.8 Å². The van der Waals surface area contributed by atoms with E-state index < -0.39 is 5.97 Å². The molecule has 1 aromatic carbocycles. The largest absolute Gasteiger partial charge is 0.494 e.